The Kier molecular flexibility index (Phi) is 6.27. The number of non-ortho nitro benzene ring substituents is 1. The molecule has 1 fully saturated rings. The summed E-state index contributed by atoms with van der Waals surface area (Å²) in [5, 5.41) is 16.5. The highest BCUT2D eigenvalue weighted by molar-refractivity contribution is 5.92. The largest absolute Gasteiger partial charge is 0.351 e. The standard InChI is InChI=1S/C18H23N3O4/c1-2-11-19-17(23)18(9-4-3-5-10-18)20-16(22)13-14-7-6-8-15(12-14)21(24)25/h2,6-8,12H,1,3-5,9-11,13H2,(H,19,23)(H,20,22). The van der Waals surface area contributed by atoms with E-state index < -0.39 is 10.5 Å². The van der Waals surface area contributed by atoms with Crippen LogP contribution in [0.5, 0.6) is 0 Å². The van der Waals surface area contributed by atoms with Crippen molar-refractivity contribution in [3.8, 4) is 0 Å². The molecule has 0 unspecified atom stereocenters. The van der Waals surface area contributed by atoms with Crippen molar-refractivity contribution in [2.24, 2.45) is 0 Å². The van der Waals surface area contributed by atoms with E-state index in [9.17, 15) is 19.7 Å². The fourth-order valence-corrected chi connectivity index (χ4v) is 3.17. The first kappa shape index (κ1) is 18.6. The summed E-state index contributed by atoms with van der Waals surface area (Å²) in [6, 6.07) is 5.98. The maximum Gasteiger partial charge on any atom is 0.269 e. The summed E-state index contributed by atoms with van der Waals surface area (Å²) in [5.74, 6) is -0.504. The summed E-state index contributed by atoms with van der Waals surface area (Å²) in [4.78, 5) is 35.4. The molecule has 2 amide bonds. The number of nitro benzene ring substituents is 1. The van der Waals surface area contributed by atoms with Gasteiger partial charge in [0.1, 0.15) is 5.54 Å². The first-order chi connectivity index (χ1) is 12.0. The molecule has 1 aliphatic rings. The van der Waals surface area contributed by atoms with Gasteiger partial charge in [0.25, 0.3) is 5.69 Å². The first-order valence-electron chi connectivity index (χ1n) is 8.40. The maximum absolute atomic E-state index is 12.5. The van der Waals surface area contributed by atoms with Gasteiger partial charge in [-0.15, -0.1) is 6.58 Å². The van der Waals surface area contributed by atoms with Gasteiger partial charge in [0.2, 0.25) is 11.8 Å². The van der Waals surface area contributed by atoms with E-state index in [2.05, 4.69) is 17.2 Å². The van der Waals surface area contributed by atoms with Crippen molar-refractivity contribution in [3.05, 3.63) is 52.6 Å². The van der Waals surface area contributed by atoms with E-state index in [-0.39, 0.29) is 23.9 Å². The molecule has 134 valence electrons. The van der Waals surface area contributed by atoms with Crippen LogP contribution in [0.3, 0.4) is 0 Å². The van der Waals surface area contributed by atoms with Crippen molar-refractivity contribution in [1.82, 2.24) is 10.6 Å². The maximum atomic E-state index is 12.5. The Morgan fingerprint density at radius 2 is 2.00 bits per heavy atom. The third-order valence-electron chi connectivity index (χ3n) is 4.41. The van der Waals surface area contributed by atoms with Crippen LogP contribution in [-0.4, -0.2) is 28.8 Å². The molecule has 0 aromatic heterocycles. The zero-order chi connectivity index (χ0) is 18.3. The molecular formula is C18H23N3O4. The molecule has 0 aliphatic heterocycles. The lowest BCUT2D eigenvalue weighted by Gasteiger charge is -2.36. The summed E-state index contributed by atoms with van der Waals surface area (Å²) in [6.45, 7) is 3.93. The number of carbonyl (C=O) groups excluding carboxylic acids is 2. The zero-order valence-electron chi connectivity index (χ0n) is 14.1. The average Bonchev–Trinajstić information content (AvgIpc) is 2.60. The lowest BCUT2D eigenvalue weighted by atomic mass is 9.80. The molecule has 2 rings (SSSR count). The van der Waals surface area contributed by atoms with Crippen LogP contribution < -0.4 is 10.6 Å². The van der Waals surface area contributed by atoms with E-state index in [0.29, 0.717) is 24.9 Å². The van der Waals surface area contributed by atoms with Crippen LogP contribution in [0.4, 0.5) is 5.69 Å². The van der Waals surface area contributed by atoms with Crippen LogP contribution >= 0.6 is 0 Å². The topological polar surface area (TPSA) is 101 Å². The summed E-state index contributed by atoms with van der Waals surface area (Å²) in [7, 11) is 0. The smallest absolute Gasteiger partial charge is 0.269 e. The molecule has 1 aromatic carbocycles. The third-order valence-corrected chi connectivity index (χ3v) is 4.41. The second kappa shape index (κ2) is 8.41. The van der Waals surface area contributed by atoms with Gasteiger partial charge in [-0.2, -0.15) is 0 Å². The second-order valence-electron chi connectivity index (χ2n) is 6.29. The molecule has 2 N–H and O–H groups in total. The Morgan fingerprint density at radius 3 is 2.64 bits per heavy atom. The lowest BCUT2D eigenvalue weighted by Crippen LogP contribution is -2.60. The number of nitrogens with zero attached hydrogens (tertiary/aromatic N) is 1. The van der Waals surface area contributed by atoms with Gasteiger partial charge in [-0.3, -0.25) is 19.7 Å². The Labute approximate surface area is 146 Å². The van der Waals surface area contributed by atoms with E-state index in [1.807, 2.05) is 0 Å². The number of amides is 2. The number of nitro groups is 1. The van der Waals surface area contributed by atoms with Crippen LogP contribution in [0.25, 0.3) is 0 Å². The first-order valence-corrected chi connectivity index (χ1v) is 8.40. The molecule has 1 saturated carbocycles. The highest BCUT2D eigenvalue weighted by Gasteiger charge is 2.40. The molecule has 0 spiro atoms. The minimum atomic E-state index is -0.904. The highest BCUT2D eigenvalue weighted by atomic mass is 16.6. The number of hydrogen-bond acceptors (Lipinski definition) is 4. The second-order valence-corrected chi connectivity index (χ2v) is 6.29. The number of benzene rings is 1. The minimum absolute atomic E-state index is 0.00182. The van der Waals surface area contributed by atoms with Crippen LogP contribution in [0.1, 0.15) is 37.7 Å². The zero-order valence-corrected chi connectivity index (χ0v) is 14.1. The quantitative estimate of drug-likeness (QED) is 0.449. The van der Waals surface area contributed by atoms with Gasteiger partial charge < -0.3 is 10.6 Å². The fraction of sp³-hybridized carbons (Fsp3) is 0.444. The SMILES string of the molecule is C=CCNC(=O)C1(NC(=O)Cc2cccc([N+](=O)[O-])c2)CCCCC1. The molecule has 1 aromatic rings. The van der Waals surface area contributed by atoms with Gasteiger partial charge in [-0.05, 0) is 18.4 Å². The molecule has 0 heterocycles. The Balaban J connectivity index is 2.09. The predicted molar refractivity (Wildman–Crippen MR) is 94.0 cm³/mol. The van der Waals surface area contributed by atoms with Gasteiger partial charge in [0.05, 0.1) is 11.3 Å². The number of nitrogens with one attached hydrogen (secondary N) is 2. The van der Waals surface area contributed by atoms with E-state index in [1.54, 1.807) is 18.2 Å². The van der Waals surface area contributed by atoms with Gasteiger partial charge in [-0.1, -0.05) is 37.5 Å². The molecule has 0 radical (unpaired) electrons. The van der Waals surface area contributed by atoms with Gasteiger partial charge >= 0.3 is 0 Å². The van der Waals surface area contributed by atoms with E-state index in [4.69, 9.17) is 0 Å². The molecule has 0 bridgehead atoms. The van der Waals surface area contributed by atoms with E-state index in [0.717, 1.165) is 19.3 Å². The number of rotatable bonds is 7. The molecule has 25 heavy (non-hydrogen) atoms. The van der Waals surface area contributed by atoms with Gasteiger partial charge in [-0.25, -0.2) is 0 Å². The normalized spacial score (nSPS) is 15.8. The van der Waals surface area contributed by atoms with E-state index in [1.165, 1.54) is 12.1 Å². The number of carbonyl (C=O) groups is 2. The Morgan fingerprint density at radius 1 is 1.28 bits per heavy atom. The minimum Gasteiger partial charge on any atom is -0.351 e. The molecule has 1 aliphatic carbocycles. The molecule has 0 atom stereocenters. The lowest BCUT2D eigenvalue weighted by molar-refractivity contribution is -0.384. The van der Waals surface area contributed by atoms with Crippen molar-refractivity contribution in [2.75, 3.05) is 6.54 Å². The van der Waals surface area contributed by atoms with Crippen LogP contribution in [0.2, 0.25) is 0 Å². The molecule has 7 heteroatoms. The Bertz CT molecular complexity index is 666. The van der Waals surface area contributed by atoms with Gasteiger partial charge in [0.15, 0.2) is 0 Å². The summed E-state index contributed by atoms with van der Waals surface area (Å²) < 4.78 is 0. The van der Waals surface area contributed by atoms with Crippen LogP contribution in [0.15, 0.2) is 36.9 Å². The molecule has 7 nitrogen and oxygen atoms in total. The summed E-state index contributed by atoms with van der Waals surface area (Å²) >= 11 is 0. The van der Waals surface area contributed by atoms with Crippen LogP contribution in [-0.2, 0) is 16.0 Å². The van der Waals surface area contributed by atoms with Gasteiger partial charge in [0, 0.05) is 18.7 Å². The molecular weight excluding hydrogens is 322 g/mol. The average molecular weight is 345 g/mol. The Hall–Kier alpha value is -2.70. The summed E-state index contributed by atoms with van der Waals surface area (Å²) in [6.07, 6.45) is 5.57. The molecule has 0 saturated heterocycles. The highest BCUT2D eigenvalue weighted by Crippen LogP contribution is 2.28. The van der Waals surface area contributed by atoms with Crippen molar-refractivity contribution in [3.63, 3.8) is 0 Å². The van der Waals surface area contributed by atoms with Crippen molar-refractivity contribution >= 4 is 17.5 Å². The van der Waals surface area contributed by atoms with Crippen molar-refractivity contribution < 1.29 is 14.5 Å². The third kappa shape index (κ3) is 4.89. The van der Waals surface area contributed by atoms with Crippen LogP contribution in [0, 0.1) is 10.1 Å². The predicted octanol–water partition coefficient (Wildman–Crippen LogP) is 2.26. The van der Waals surface area contributed by atoms with Crippen molar-refractivity contribution in [2.45, 2.75) is 44.1 Å². The van der Waals surface area contributed by atoms with E-state index >= 15 is 0 Å². The number of hydrogen-bond donors (Lipinski definition) is 2. The fourth-order valence-electron chi connectivity index (χ4n) is 3.17. The summed E-state index contributed by atoms with van der Waals surface area (Å²) in [5.41, 5.74) is -0.412. The monoisotopic (exact) mass is 345 g/mol. The van der Waals surface area contributed by atoms with Crippen molar-refractivity contribution in [1.29, 1.82) is 0 Å².